The fraction of sp³-hybridized carbons (Fsp3) is 0.810. The van der Waals surface area contributed by atoms with E-state index in [-0.39, 0.29) is 23.0 Å². The first-order chi connectivity index (χ1) is 12.5. The van der Waals surface area contributed by atoms with Gasteiger partial charge in [0.25, 0.3) is 0 Å². The molecule has 0 aliphatic heterocycles. The van der Waals surface area contributed by atoms with Crippen molar-refractivity contribution in [2.75, 3.05) is 6.61 Å². The summed E-state index contributed by atoms with van der Waals surface area (Å²) in [6, 6.07) is 0. The molecule has 4 aliphatic carbocycles. The standard InChI is InChI=1S/C21H30O5Se/c1-18-7-5-13(23)9-12(18)3-4-15-14-6-8-20(26,17(25)11-22)19(14,2)10-16(24)21(15,18)27/h9,14-16,22,24,26-27H,3-8,10-11H2,1-2H3/t14-,15-,16-,18-,19-,20-,21-/m0/s1. The van der Waals surface area contributed by atoms with Crippen LogP contribution >= 0.6 is 0 Å². The van der Waals surface area contributed by atoms with Crippen molar-refractivity contribution in [3.63, 3.8) is 0 Å². The predicted octanol–water partition coefficient (Wildman–Crippen LogP) is 1.22. The predicted molar refractivity (Wildman–Crippen MR) is 101 cm³/mol. The first kappa shape index (κ1) is 19.8. The van der Waals surface area contributed by atoms with Gasteiger partial charge in [0.15, 0.2) is 0 Å². The molecule has 0 heterocycles. The van der Waals surface area contributed by atoms with Gasteiger partial charge in [-0.2, -0.15) is 0 Å². The van der Waals surface area contributed by atoms with Crippen LogP contribution in [0.15, 0.2) is 11.6 Å². The Morgan fingerprint density at radius 1 is 1.22 bits per heavy atom. The monoisotopic (exact) mass is 442 g/mol. The van der Waals surface area contributed by atoms with E-state index in [0.717, 1.165) is 31.3 Å². The van der Waals surface area contributed by atoms with Crippen LogP contribution in [0.3, 0.4) is 0 Å². The zero-order valence-electron chi connectivity index (χ0n) is 16.1. The molecule has 5 nitrogen and oxygen atoms in total. The number of hydrogen-bond acceptors (Lipinski definition) is 5. The van der Waals surface area contributed by atoms with Crippen molar-refractivity contribution in [1.29, 1.82) is 0 Å². The van der Waals surface area contributed by atoms with Gasteiger partial charge >= 0.3 is 168 Å². The third-order valence-corrected chi connectivity index (χ3v) is 11.2. The zero-order valence-corrected chi connectivity index (χ0v) is 17.9. The van der Waals surface area contributed by atoms with Crippen LogP contribution in [0.25, 0.3) is 0 Å². The second-order valence-electron chi connectivity index (χ2n) is 9.66. The van der Waals surface area contributed by atoms with Crippen molar-refractivity contribution in [1.82, 2.24) is 0 Å². The van der Waals surface area contributed by atoms with Crippen LogP contribution in [0.1, 0.15) is 58.8 Å². The van der Waals surface area contributed by atoms with Crippen LogP contribution in [-0.4, -0.2) is 61.2 Å². The third kappa shape index (κ3) is 2.22. The molecule has 3 fully saturated rings. The number of allylic oxidation sites excluding steroid dienone is 1. The summed E-state index contributed by atoms with van der Waals surface area (Å²) in [5.74, 6) is -0.0812. The molecular formula is C21H30O5Se. The number of fused-ring (bicyclic) bond motifs is 5. The van der Waals surface area contributed by atoms with Crippen molar-refractivity contribution in [3.8, 4) is 0 Å². The summed E-state index contributed by atoms with van der Waals surface area (Å²) < 4.78 is -0.442. The van der Waals surface area contributed by atoms with Gasteiger partial charge in [-0.3, -0.25) is 0 Å². The Morgan fingerprint density at radius 2 is 1.93 bits per heavy atom. The van der Waals surface area contributed by atoms with Crippen molar-refractivity contribution >= 4 is 27.6 Å². The second kappa shape index (κ2) is 5.99. The molecule has 0 spiro atoms. The van der Waals surface area contributed by atoms with Crippen LogP contribution in [-0.2, 0) is 9.59 Å². The van der Waals surface area contributed by atoms with Crippen LogP contribution in [0.4, 0.5) is 0 Å². The van der Waals surface area contributed by atoms with Gasteiger partial charge in [-0.15, -0.1) is 0 Å². The second-order valence-corrected chi connectivity index (χ2v) is 11.2. The van der Waals surface area contributed by atoms with Gasteiger partial charge in [-0.25, -0.2) is 0 Å². The van der Waals surface area contributed by atoms with E-state index in [2.05, 4.69) is 22.9 Å². The molecule has 0 unspecified atom stereocenters. The Morgan fingerprint density at radius 3 is 2.59 bits per heavy atom. The van der Waals surface area contributed by atoms with E-state index in [1.807, 2.05) is 6.92 Å². The molecular weight excluding hydrogens is 411 g/mol. The zero-order chi connectivity index (χ0) is 19.8. The number of carbonyl (C=O) groups excluding carboxylic acids is 2. The molecule has 6 heteroatoms. The van der Waals surface area contributed by atoms with Crippen molar-refractivity contribution < 1.29 is 24.9 Å². The van der Waals surface area contributed by atoms with E-state index >= 15 is 0 Å². The minimum absolute atomic E-state index is 0.112. The summed E-state index contributed by atoms with van der Waals surface area (Å²) in [6.07, 6.45) is 5.44. The first-order valence-corrected chi connectivity index (χ1v) is 11.0. The number of hydrogen-bond donors (Lipinski definition) is 3. The van der Waals surface area contributed by atoms with Crippen LogP contribution in [0, 0.1) is 22.7 Å². The first-order valence-electron chi connectivity index (χ1n) is 10.1. The van der Waals surface area contributed by atoms with Crippen molar-refractivity contribution in [2.24, 2.45) is 22.7 Å². The number of rotatable bonds is 2. The summed E-state index contributed by atoms with van der Waals surface area (Å²) in [7, 11) is 0. The summed E-state index contributed by atoms with van der Waals surface area (Å²) in [4.78, 5) is 24.4. The quantitative estimate of drug-likeness (QED) is 0.561. The summed E-state index contributed by atoms with van der Waals surface area (Å²) >= 11 is 2.77. The van der Waals surface area contributed by atoms with E-state index in [9.17, 15) is 24.9 Å². The Kier molecular flexibility index (Phi) is 4.39. The van der Waals surface area contributed by atoms with Gasteiger partial charge in [0.05, 0.1) is 0 Å². The molecule has 7 atom stereocenters. The van der Waals surface area contributed by atoms with E-state index < -0.39 is 33.8 Å². The summed E-state index contributed by atoms with van der Waals surface area (Å²) in [5, 5.41) is 32.1. The van der Waals surface area contributed by atoms with Gasteiger partial charge in [-0.1, -0.05) is 0 Å². The number of ketones is 2. The van der Waals surface area contributed by atoms with Gasteiger partial charge in [0, 0.05) is 0 Å². The molecule has 0 radical (unpaired) electrons. The summed E-state index contributed by atoms with van der Waals surface area (Å²) in [5.41, 5.74) is -1.41. The number of aliphatic hydroxyl groups excluding tert-OH is 2. The van der Waals surface area contributed by atoms with Crippen molar-refractivity contribution in [2.45, 2.75) is 74.8 Å². The Balaban J connectivity index is 1.80. The Hall–Kier alpha value is -0.521. The number of Topliss-reactive ketones (excluding diaryl/α,β-unsaturated/α-hetero) is 1. The van der Waals surface area contributed by atoms with E-state index in [4.69, 9.17) is 0 Å². The van der Waals surface area contributed by atoms with Crippen LogP contribution in [0.2, 0.25) is 4.31 Å². The molecule has 150 valence electrons. The SMILES string of the molecule is C[C@]12CCC(=O)C=C1CC[C@H]1[C@@H]3CC[C@](O)(C(=O)CO)[C@@]3(C)C[C@H](O)[C@@]12[SeH]. The van der Waals surface area contributed by atoms with Gasteiger partial charge < -0.3 is 0 Å². The molecule has 3 N–H and O–H groups in total. The molecule has 3 saturated carbocycles. The van der Waals surface area contributed by atoms with Crippen LogP contribution < -0.4 is 0 Å². The fourth-order valence-corrected chi connectivity index (χ4v) is 8.59. The van der Waals surface area contributed by atoms with Crippen LogP contribution in [0.5, 0.6) is 0 Å². The maximum atomic E-state index is 12.4. The van der Waals surface area contributed by atoms with E-state index in [1.54, 1.807) is 6.08 Å². The maximum absolute atomic E-state index is 12.4. The van der Waals surface area contributed by atoms with Crippen molar-refractivity contribution in [3.05, 3.63) is 11.6 Å². The minimum atomic E-state index is -1.57. The molecule has 0 bridgehead atoms. The topological polar surface area (TPSA) is 94.8 Å². The average molecular weight is 441 g/mol. The van der Waals surface area contributed by atoms with Gasteiger partial charge in [-0.05, 0) is 0 Å². The number of aliphatic hydroxyl groups is 3. The van der Waals surface area contributed by atoms with Gasteiger partial charge in [0.1, 0.15) is 0 Å². The molecule has 0 aromatic carbocycles. The molecule has 0 aromatic heterocycles. The van der Waals surface area contributed by atoms with E-state index in [0.29, 0.717) is 19.3 Å². The Labute approximate surface area is 168 Å². The number of carbonyl (C=O) groups is 2. The molecule has 0 amide bonds. The van der Waals surface area contributed by atoms with E-state index in [1.165, 1.54) is 0 Å². The third-order valence-electron chi connectivity index (χ3n) is 8.89. The average Bonchev–Trinajstić information content (AvgIpc) is 2.88. The fourth-order valence-electron chi connectivity index (χ4n) is 7.21. The normalized spacial score (nSPS) is 51.9. The molecule has 4 aliphatic rings. The molecule has 4 rings (SSSR count). The molecule has 27 heavy (non-hydrogen) atoms. The van der Waals surface area contributed by atoms with Gasteiger partial charge in [0.2, 0.25) is 0 Å². The molecule has 0 aromatic rings. The Bertz CT molecular complexity index is 734. The summed E-state index contributed by atoms with van der Waals surface area (Å²) in [6.45, 7) is 3.44. The molecule has 0 saturated heterocycles.